The fourth-order valence-corrected chi connectivity index (χ4v) is 1.04. The van der Waals surface area contributed by atoms with Gasteiger partial charge >= 0.3 is 0 Å². The molecule has 0 bridgehead atoms. The molecule has 1 rings (SSSR count). The molecule has 0 aliphatic rings. The Kier molecular flexibility index (Phi) is 3.30. The van der Waals surface area contributed by atoms with Crippen LogP contribution < -0.4 is 0 Å². The van der Waals surface area contributed by atoms with E-state index < -0.39 is 17.6 Å². The maximum atomic E-state index is 10.3. The van der Waals surface area contributed by atoms with Gasteiger partial charge in [0, 0.05) is 10.5 Å². The van der Waals surface area contributed by atoms with Crippen molar-refractivity contribution in [1.82, 2.24) is 0 Å². The number of rotatable bonds is 4. The lowest BCUT2D eigenvalue weighted by Crippen LogP contribution is -2.11. The van der Waals surface area contributed by atoms with Crippen molar-refractivity contribution in [3.63, 3.8) is 0 Å². The molecular weight excluding hydrogens is 186 g/mol. The van der Waals surface area contributed by atoms with E-state index in [2.05, 4.69) is 0 Å². The Bertz CT molecular complexity index is 333. The largest absolute Gasteiger partial charge is 0.382 e. The molecule has 5 heteroatoms. The molecule has 0 fully saturated rings. The summed E-state index contributed by atoms with van der Waals surface area (Å²) >= 11 is 0. The highest BCUT2D eigenvalue weighted by Crippen LogP contribution is 2.13. The fraction of sp³-hybridized carbons (Fsp3) is 0.222. The predicted octanol–water partition coefficient (Wildman–Crippen LogP) is 0.809. The number of aliphatic hydroxyl groups excluding tert-OH is 1. The van der Waals surface area contributed by atoms with Gasteiger partial charge in [-0.2, -0.15) is 0 Å². The van der Waals surface area contributed by atoms with Crippen LogP contribution in [0.15, 0.2) is 24.3 Å². The molecule has 0 radical (unpaired) electrons. The highest BCUT2D eigenvalue weighted by molar-refractivity contribution is 5.74. The number of nitro groups is 1. The summed E-state index contributed by atoms with van der Waals surface area (Å²) < 4.78 is 0. The molecule has 0 aliphatic heterocycles. The molecule has 1 N–H and O–H groups in total. The third-order valence-corrected chi connectivity index (χ3v) is 1.78. The summed E-state index contributed by atoms with van der Waals surface area (Å²) in [6.07, 6.45) is -0.449. The summed E-state index contributed by atoms with van der Waals surface area (Å²) in [5.41, 5.74) is 0.911. The maximum absolute atomic E-state index is 10.3. The Morgan fingerprint density at radius 3 is 2.43 bits per heavy atom. The van der Waals surface area contributed by atoms with E-state index in [1.165, 1.54) is 24.3 Å². The zero-order chi connectivity index (χ0) is 10.6. The lowest BCUT2D eigenvalue weighted by molar-refractivity contribution is -0.491. The second kappa shape index (κ2) is 4.48. The highest BCUT2D eigenvalue weighted by atomic mass is 16.6. The summed E-state index contributed by atoms with van der Waals surface area (Å²) in [7, 11) is 0. The molecular formula is C9H9NO4. The zero-order valence-electron chi connectivity index (χ0n) is 7.29. The standard InChI is InChI=1S/C9H9NO4/c11-6-7-1-3-8(4-2-7)9(12)5-10(13)14/h1-4,6,9,12H,5H2/t9-/m0/s1. The summed E-state index contributed by atoms with van der Waals surface area (Å²) in [5.74, 6) is 0. The average molecular weight is 195 g/mol. The molecule has 1 atom stereocenters. The van der Waals surface area contributed by atoms with E-state index in [4.69, 9.17) is 0 Å². The second-order valence-corrected chi connectivity index (χ2v) is 2.82. The summed E-state index contributed by atoms with van der Waals surface area (Å²) in [6.45, 7) is -0.527. The molecule has 1 aromatic rings. The van der Waals surface area contributed by atoms with Gasteiger partial charge in [-0.05, 0) is 5.56 Å². The Morgan fingerprint density at radius 1 is 1.43 bits per heavy atom. The van der Waals surface area contributed by atoms with Crippen molar-refractivity contribution in [2.75, 3.05) is 6.54 Å². The Labute approximate surface area is 80.1 Å². The van der Waals surface area contributed by atoms with Gasteiger partial charge in [0.05, 0.1) is 0 Å². The van der Waals surface area contributed by atoms with Crippen LogP contribution in [0.4, 0.5) is 0 Å². The fourth-order valence-electron chi connectivity index (χ4n) is 1.04. The van der Waals surface area contributed by atoms with E-state index >= 15 is 0 Å². The SMILES string of the molecule is O=Cc1ccc([C@@H](O)C[N+](=O)[O-])cc1. The Hall–Kier alpha value is -1.75. The van der Waals surface area contributed by atoms with Crippen molar-refractivity contribution >= 4 is 6.29 Å². The van der Waals surface area contributed by atoms with Crippen LogP contribution in [0, 0.1) is 10.1 Å². The zero-order valence-corrected chi connectivity index (χ0v) is 7.29. The van der Waals surface area contributed by atoms with Crippen molar-refractivity contribution < 1.29 is 14.8 Å². The van der Waals surface area contributed by atoms with Gasteiger partial charge in [0.15, 0.2) is 0 Å². The van der Waals surface area contributed by atoms with Gasteiger partial charge in [-0.15, -0.1) is 0 Å². The first-order valence-electron chi connectivity index (χ1n) is 3.98. The first-order chi connectivity index (χ1) is 6.63. The second-order valence-electron chi connectivity index (χ2n) is 2.82. The van der Waals surface area contributed by atoms with E-state index in [0.29, 0.717) is 17.4 Å². The molecule has 0 amide bonds. The van der Waals surface area contributed by atoms with Crippen LogP contribution in [-0.4, -0.2) is 22.9 Å². The molecule has 0 saturated carbocycles. The molecule has 0 saturated heterocycles. The topological polar surface area (TPSA) is 80.4 Å². The highest BCUT2D eigenvalue weighted by Gasteiger charge is 2.13. The van der Waals surface area contributed by atoms with Gasteiger partial charge < -0.3 is 5.11 Å². The number of aliphatic hydroxyl groups is 1. The molecule has 0 heterocycles. The number of nitrogens with zero attached hydrogens (tertiary/aromatic N) is 1. The third-order valence-electron chi connectivity index (χ3n) is 1.78. The van der Waals surface area contributed by atoms with Gasteiger partial charge in [-0.1, -0.05) is 24.3 Å². The molecule has 5 nitrogen and oxygen atoms in total. The predicted molar refractivity (Wildman–Crippen MR) is 48.7 cm³/mol. The van der Waals surface area contributed by atoms with Crippen molar-refractivity contribution in [3.8, 4) is 0 Å². The van der Waals surface area contributed by atoms with E-state index in [9.17, 15) is 20.0 Å². The Balaban J connectivity index is 2.75. The third kappa shape index (κ3) is 2.63. The smallest absolute Gasteiger partial charge is 0.233 e. The van der Waals surface area contributed by atoms with Crippen LogP contribution in [0.25, 0.3) is 0 Å². The monoisotopic (exact) mass is 195 g/mol. The maximum Gasteiger partial charge on any atom is 0.233 e. The quantitative estimate of drug-likeness (QED) is 0.438. The summed E-state index contributed by atoms with van der Waals surface area (Å²) in [6, 6.07) is 6.01. The number of hydrogen-bond acceptors (Lipinski definition) is 4. The molecule has 14 heavy (non-hydrogen) atoms. The molecule has 0 spiro atoms. The van der Waals surface area contributed by atoms with Crippen molar-refractivity contribution in [3.05, 3.63) is 45.5 Å². The molecule has 0 aromatic heterocycles. The van der Waals surface area contributed by atoms with Crippen LogP contribution in [0.3, 0.4) is 0 Å². The van der Waals surface area contributed by atoms with Crippen LogP contribution in [0.1, 0.15) is 22.0 Å². The van der Waals surface area contributed by atoms with Gasteiger partial charge in [-0.3, -0.25) is 14.9 Å². The van der Waals surface area contributed by atoms with E-state index in [1.807, 2.05) is 0 Å². The van der Waals surface area contributed by atoms with Crippen LogP contribution in [0.5, 0.6) is 0 Å². The van der Waals surface area contributed by atoms with E-state index in [1.54, 1.807) is 0 Å². The minimum absolute atomic E-state index is 0.437. The number of benzene rings is 1. The Morgan fingerprint density at radius 2 is 2.00 bits per heavy atom. The molecule has 1 aromatic carbocycles. The molecule has 74 valence electrons. The average Bonchev–Trinajstić information content (AvgIpc) is 2.17. The normalized spacial score (nSPS) is 12.1. The summed E-state index contributed by atoms with van der Waals surface area (Å²) in [5, 5.41) is 19.4. The van der Waals surface area contributed by atoms with Gasteiger partial charge in [0.25, 0.3) is 0 Å². The number of carbonyl (C=O) groups is 1. The van der Waals surface area contributed by atoms with Gasteiger partial charge in [-0.25, -0.2) is 0 Å². The number of carbonyl (C=O) groups excluding carboxylic acids is 1. The molecule has 0 unspecified atom stereocenters. The lowest BCUT2D eigenvalue weighted by Gasteiger charge is -2.05. The first-order valence-corrected chi connectivity index (χ1v) is 3.98. The number of aldehydes is 1. The van der Waals surface area contributed by atoms with Crippen molar-refractivity contribution in [1.29, 1.82) is 0 Å². The molecule has 0 aliphatic carbocycles. The summed E-state index contributed by atoms with van der Waals surface area (Å²) in [4.78, 5) is 19.8. The lowest BCUT2D eigenvalue weighted by atomic mass is 10.1. The van der Waals surface area contributed by atoms with Crippen LogP contribution in [-0.2, 0) is 0 Å². The van der Waals surface area contributed by atoms with Gasteiger partial charge in [0.2, 0.25) is 6.54 Å². The van der Waals surface area contributed by atoms with E-state index in [-0.39, 0.29) is 0 Å². The van der Waals surface area contributed by atoms with Crippen molar-refractivity contribution in [2.45, 2.75) is 6.10 Å². The van der Waals surface area contributed by atoms with Crippen molar-refractivity contribution in [2.24, 2.45) is 0 Å². The van der Waals surface area contributed by atoms with Gasteiger partial charge in [0.1, 0.15) is 12.4 Å². The van der Waals surface area contributed by atoms with Crippen LogP contribution >= 0.6 is 0 Å². The minimum Gasteiger partial charge on any atom is -0.382 e. The van der Waals surface area contributed by atoms with E-state index in [0.717, 1.165) is 0 Å². The first kappa shape index (κ1) is 10.3. The minimum atomic E-state index is -1.12. The number of hydrogen-bond donors (Lipinski definition) is 1. The van der Waals surface area contributed by atoms with Crippen LogP contribution in [0.2, 0.25) is 0 Å².